The van der Waals surface area contributed by atoms with Crippen LogP contribution in [0.4, 0.5) is 0 Å². The van der Waals surface area contributed by atoms with Crippen molar-refractivity contribution in [3.8, 4) is 0 Å². The van der Waals surface area contributed by atoms with E-state index in [4.69, 9.17) is 10.5 Å². The van der Waals surface area contributed by atoms with Crippen molar-refractivity contribution in [1.82, 2.24) is 0 Å². The first kappa shape index (κ1) is 13.4. The lowest BCUT2D eigenvalue weighted by Crippen LogP contribution is -2.16. The Morgan fingerprint density at radius 2 is 2.14 bits per heavy atom. The zero-order valence-electron chi connectivity index (χ0n) is 9.42. The molecule has 0 fully saturated rings. The number of carbonyl (C=O) groups excluding carboxylic acids is 1. The first-order valence-electron chi connectivity index (χ1n) is 5.60. The van der Waals surface area contributed by atoms with Gasteiger partial charge in [-0.2, -0.15) is 0 Å². The molecule has 0 heterocycles. The van der Waals surface area contributed by atoms with Gasteiger partial charge in [0, 0.05) is 13.0 Å². The van der Waals surface area contributed by atoms with Crippen LogP contribution in [0.25, 0.3) is 0 Å². The molecule has 3 nitrogen and oxygen atoms in total. The summed E-state index contributed by atoms with van der Waals surface area (Å²) in [7, 11) is 0. The quantitative estimate of drug-likeness (QED) is 0.612. The molecule has 0 saturated heterocycles. The molecular weight excluding hydrogens is 178 g/mol. The van der Waals surface area contributed by atoms with Crippen LogP contribution in [0.5, 0.6) is 0 Å². The summed E-state index contributed by atoms with van der Waals surface area (Å²) < 4.78 is 4.94. The fourth-order valence-electron chi connectivity index (χ4n) is 1.41. The number of unbranched alkanes of at least 4 members (excludes halogenated alkanes) is 1. The van der Waals surface area contributed by atoms with Gasteiger partial charge in [0.15, 0.2) is 0 Å². The van der Waals surface area contributed by atoms with E-state index in [9.17, 15) is 4.79 Å². The SMILES string of the molecule is CCCCC(CC)CC(=O)OCCN. The molecule has 1 atom stereocenters. The van der Waals surface area contributed by atoms with Gasteiger partial charge in [-0.05, 0) is 12.3 Å². The van der Waals surface area contributed by atoms with Crippen molar-refractivity contribution >= 4 is 5.97 Å². The molecule has 0 aromatic carbocycles. The Hall–Kier alpha value is -0.570. The molecule has 0 radical (unpaired) electrons. The molecule has 0 aliphatic rings. The topological polar surface area (TPSA) is 52.3 Å². The lowest BCUT2D eigenvalue weighted by atomic mass is 9.96. The lowest BCUT2D eigenvalue weighted by molar-refractivity contribution is -0.144. The number of hydrogen-bond donors (Lipinski definition) is 1. The van der Waals surface area contributed by atoms with E-state index >= 15 is 0 Å². The van der Waals surface area contributed by atoms with Crippen LogP contribution in [-0.4, -0.2) is 19.1 Å². The van der Waals surface area contributed by atoms with Gasteiger partial charge in [-0.3, -0.25) is 4.79 Å². The van der Waals surface area contributed by atoms with Crippen LogP contribution in [0, 0.1) is 5.92 Å². The molecular formula is C11H23NO2. The molecule has 0 aliphatic heterocycles. The first-order valence-corrected chi connectivity index (χ1v) is 5.60. The van der Waals surface area contributed by atoms with E-state index in [1.165, 1.54) is 12.8 Å². The highest BCUT2D eigenvalue weighted by molar-refractivity contribution is 5.69. The highest BCUT2D eigenvalue weighted by atomic mass is 16.5. The number of hydrogen-bond acceptors (Lipinski definition) is 3. The largest absolute Gasteiger partial charge is 0.464 e. The van der Waals surface area contributed by atoms with Crippen molar-refractivity contribution in [3.63, 3.8) is 0 Å². The van der Waals surface area contributed by atoms with Gasteiger partial charge in [-0.1, -0.05) is 33.1 Å². The number of ether oxygens (including phenoxy) is 1. The third-order valence-electron chi connectivity index (χ3n) is 2.38. The van der Waals surface area contributed by atoms with Crippen LogP contribution in [0.1, 0.15) is 46.0 Å². The van der Waals surface area contributed by atoms with E-state index in [2.05, 4.69) is 13.8 Å². The minimum absolute atomic E-state index is 0.0987. The van der Waals surface area contributed by atoms with Crippen molar-refractivity contribution in [2.24, 2.45) is 11.7 Å². The van der Waals surface area contributed by atoms with Gasteiger partial charge >= 0.3 is 5.97 Å². The predicted molar refractivity (Wildman–Crippen MR) is 57.9 cm³/mol. The third-order valence-corrected chi connectivity index (χ3v) is 2.38. The molecule has 2 N–H and O–H groups in total. The second-order valence-electron chi connectivity index (χ2n) is 3.63. The maximum absolute atomic E-state index is 11.3. The molecule has 0 aromatic heterocycles. The summed E-state index contributed by atoms with van der Waals surface area (Å²) in [5.41, 5.74) is 5.24. The van der Waals surface area contributed by atoms with Crippen molar-refractivity contribution in [1.29, 1.82) is 0 Å². The van der Waals surface area contributed by atoms with Gasteiger partial charge in [0.05, 0.1) is 0 Å². The van der Waals surface area contributed by atoms with Gasteiger partial charge in [0.25, 0.3) is 0 Å². The summed E-state index contributed by atoms with van der Waals surface area (Å²) >= 11 is 0. The standard InChI is InChI=1S/C11H23NO2/c1-3-5-6-10(4-2)9-11(13)14-8-7-12/h10H,3-9,12H2,1-2H3. The Bertz CT molecular complexity index is 148. The molecule has 0 saturated carbocycles. The van der Waals surface area contributed by atoms with Crippen molar-refractivity contribution in [2.75, 3.05) is 13.2 Å². The molecule has 1 unspecified atom stereocenters. The Morgan fingerprint density at radius 3 is 2.64 bits per heavy atom. The fourth-order valence-corrected chi connectivity index (χ4v) is 1.41. The predicted octanol–water partition coefficient (Wildman–Crippen LogP) is 2.09. The minimum Gasteiger partial charge on any atom is -0.464 e. The molecule has 0 spiro atoms. The maximum atomic E-state index is 11.3. The molecule has 84 valence electrons. The van der Waals surface area contributed by atoms with Crippen LogP contribution in [0.15, 0.2) is 0 Å². The highest BCUT2D eigenvalue weighted by Crippen LogP contribution is 2.16. The molecule has 0 rings (SSSR count). The minimum atomic E-state index is -0.0987. The molecule has 0 bridgehead atoms. The van der Waals surface area contributed by atoms with Crippen LogP contribution < -0.4 is 5.73 Å². The Labute approximate surface area is 87.0 Å². The van der Waals surface area contributed by atoms with Gasteiger partial charge in [-0.15, -0.1) is 0 Å². The molecule has 0 amide bonds. The highest BCUT2D eigenvalue weighted by Gasteiger charge is 2.12. The second kappa shape index (κ2) is 9.00. The third kappa shape index (κ3) is 6.89. The summed E-state index contributed by atoms with van der Waals surface area (Å²) in [6, 6.07) is 0. The monoisotopic (exact) mass is 201 g/mol. The van der Waals surface area contributed by atoms with E-state index < -0.39 is 0 Å². The maximum Gasteiger partial charge on any atom is 0.306 e. The van der Waals surface area contributed by atoms with Crippen LogP contribution in [-0.2, 0) is 9.53 Å². The summed E-state index contributed by atoms with van der Waals surface area (Å²) in [6.07, 6.45) is 5.12. The smallest absolute Gasteiger partial charge is 0.306 e. The number of nitrogens with two attached hydrogens (primary N) is 1. The summed E-state index contributed by atoms with van der Waals surface area (Å²) in [6.45, 7) is 5.05. The molecule has 14 heavy (non-hydrogen) atoms. The van der Waals surface area contributed by atoms with Crippen molar-refractivity contribution in [2.45, 2.75) is 46.0 Å². The first-order chi connectivity index (χ1) is 6.74. The molecule has 0 aromatic rings. The van der Waals surface area contributed by atoms with E-state index in [0.29, 0.717) is 25.5 Å². The summed E-state index contributed by atoms with van der Waals surface area (Å²) in [5, 5.41) is 0. The van der Waals surface area contributed by atoms with Gasteiger partial charge < -0.3 is 10.5 Å². The van der Waals surface area contributed by atoms with Crippen LogP contribution in [0.2, 0.25) is 0 Å². The van der Waals surface area contributed by atoms with E-state index in [1.54, 1.807) is 0 Å². The van der Waals surface area contributed by atoms with Crippen molar-refractivity contribution in [3.05, 3.63) is 0 Å². The number of esters is 1. The molecule has 3 heteroatoms. The lowest BCUT2D eigenvalue weighted by Gasteiger charge is -2.13. The zero-order chi connectivity index (χ0) is 10.8. The van der Waals surface area contributed by atoms with Gasteiger partial charge in [-0.25, -0.2) is 0 Å². The Morgan fingerprint density at radius 1 is 1.43 bits per heavy atom. The summed E-state index contributed by atoms with van der Waals surface area (Å²) in [5.74, 6) is 0.388. The summed E-state index contributed by atoms with van der Waals surface area (Å²) in [4.78, 5) is 11.3. The van der Waals surface area contributed by atoms with Gasteiger partial charge in [0.2, 0.25) is 0 Å². The average Bonchev–Trinajstić information content (AvgIpc) is 2.21. The van der Waals surface area contributed by atoms with Crippen LogP contribution in [0.3, 0.4) is 0 Å². The normalized spacial score (nSPS) is 12.5. The fraction of sp³-hybridized carbons (Fsp3) is 0.909. The molecule has 0 aliphatic carbocycles. The van der Waals surface area contributed by atoms with E-state index in [0.717, 1.165) is 12.8 Å². The van der Waals surface area contributed by atoms with Crippen molar-refractivity contribution < 1.29 is 9.53 Å². The number of rotatable bonds is 8. The van der Waals surface area contributed by atoms with Crippen LogP contribution >= 0.6 is 0 Å². The Balaban J connectivity index is 3.62. The van der Waals surface area contributed by atoms with Gasteiger partial charge in [0.1, 0.15) is 6.61 Å². The van der Waals surface area contributed by atoms with E-state index in [-0.39, 0.29) is 5.97 Å². The Kier molecular flexibility index (Phi) is 8.64. The van der Waals surface area contributed by atoms with E-state index in [1.807, 2.05) is 0 Å². The second-order valence-corrected chi connectivity index (χ2v) is 3.63. The zero-order valence-corrected chi connectivity index (χ0v) is 9.42. The average molecular weight is 201 g/mol. The number of carbonyl (C=O) groups is 1.